The molecule has 1 N–H and O–H groups in total. The first-order valence-corrected chi connectivity index (χ1v) is 10.3. The van der Waals surface area contributed by atoms with Gasteiger partial charge in [0.15, 0.2) is 5.11 Å². The third kappa shape index (κ3) is 3.89. The molecule has 4 rings (SSSR count). The molecule has 1 saturated heterocycles. The van der Waals surface area contributed by atoms with Gasteiger partial charge in [0.1, 0.15) is 5.57 Å². The zero-order valence-corrected chi connectivity index (χ0v) is 18.7. The number of anilines is 1. The number of thiocarbonyl (C=S) groups is 1. The van der Waals surface area contributed by atoms with E-state index in [0.29, 0.717) is 22.0 Å². The van der Waals surface area contributed by atoms with Gasteiger partial charge in [-0.25, -0.2) is 4.68 Å². The molecule has 1 aliphatic heterocycles. The molecule has 0 unspecified atom stereocenters. The van der Waals surface area contributed by atoms with E-state index in [9.17, 15) is 9.59 Å². The summed E-state index contributed by atoms with van der Waals surface area (Å²) in [6.45, 7) is 5.76. The highest BCUT2D eigenvalue weighted by molar-refractivity contribution is 7.80. The van der Waals surface area contributed by atoms with Gasteiger partial charge in [0.05, 0.1) is 17.1 Å². The summed E-state index contributed by atoms with van der Waals surface area (Å²) in [5, 5.41) is 7.76. The van der Waals surface area contributed by atoms with E-state index in [0.717, 1.165) is 16.9 Å². The summed E-state index contributed by atoms with van der Waals surface area (Å²) in [7, 11) is 0. The normalized spacial score (nSPS) is 15.5. The van der Waals surface area contributed by atoms with Crippen molar-refractivity contribution >= 4 is 52.5 Å². The minimum atomic E-state index is -0.540. The molecule has 31 heavy (non-hydrogen) atoms. The van der Waals surface area contributed by atoms with Crippen molar-refractivity contribution < 1.29 is 9.59 Å². The average molecular weight is 451 g/mol. The molecule has 1 fully saturated rings. The number of nitrogens with one attached hydrogen (secondary N) is 1. The highest BCUT2D eigenvalue weighted by Gasteiger charge is 2.35. The molecule has 6 nitrogen and oxygen atoms in total. The monoisotopic (exact) mass is 450 g/mol. The van der Waals surface area contributed by atoms with Gasteiger partial charge in [-0.3, -0.25) is 19.8 Å². The molecule has 0 radical (unpaired) electrons. The maximum Gasteiger partial charge on any atom is 0.270 e. The SMILES string of the molecule is Cc1ccc(-n2nc(C)c(C=C3C(=O)NC(=S)N(c4ccc(Cl)cc4)C3=O)c2C)cc1. The van der Waals surface area contributed by atoms with Crippen LogP contribution < -0.4 is 10.2 Å². The van der Waals surface area contributed by atoms with E-state index in [1.54, 1.807) is 35.0 Å². The maximum atomic E-state index is 13.2. The third-order valence-electron chi connectivity index (χ3n) is 5.10. The number of carbonyl (C=O) groups is 2. The number of hydrogen-bond donors (Lipinski definition) is 1. The summed E-state index contributed by atoms with van der Waals surface area (Å²) in [5.74, 6) is -1.04. The molecule has 1 aromatic heterocycles. The van der Waals surface area contributed by atoms with Gasteiger partial charge in [-0.15, -0.1) is 0 Å². The van der Waals surface area contributed by atoms with Crippen LogP contribution in [0.3, 0.4) is 0 Å². The lowest BCUT2D eigenvalue weighted by molar-refractivity contribution is -0.122. The molecule has 156 valence electrons. The predicted octanol–water partition coefficient (Wildman–Crippen LogP) is 4.28. The van der Waals surface area contributed by atoms with Crippen LogP contribution in [0.25, 0.3) is 11.8 Å². The van der Waals surface area contributed by atoms with Crippen molar-refractivity contribution in [2.24, 2.45) is 0 Å². The molecule has 0 aliphatic carbocycles. The van der Waals surface area contributed by atoms with Gasteiger partial charge in [0, 0.05) is 16.3 Å². The van der Waals surface area contributed by atoms with Crippen LogP contribution in [-0.2, 0) is 9.59 Å². The van der Waals surface area contributed by atoms with Crippen LogP contribution in [-0.4, -0.2) is 26.7 Å². The van der Waals surface area contributed by atoms with E-state index < -0.39 is 11.8 Å². The first-order chi connectivity index (χ1) is 14.8. The molecule has 0 atom stereocenters. The number of benzene rings is 2. The smallest absolute Gasteiger partial charge is 0.270 e. The second-order valence-electron chi connectivity index (χ2n) is 7.27. The fourth-order valence-electron chi connectivity index (χ4n) is 3.43. The fraction of sp³-hybridized carbons (Fsp3) is 0.130. The highest BCUT2D eigenvalue weighted by Crippen LogP contribution is 2.26. The van der Waals surface area contributed by atoms with Crippen LogP contribution in [0.4, 0.5) is 5.69 Å². The Labute approximate surface area is 190 Å². The van der Waals surface area contributed by atoms with Gasteiger partial charge in [0.25, 0.3) is 11.8 Å². The number of nitrogens with zero attached hydrogens (tertiary/aromatic N) is 3. The van der Waals surface area contributed by atoms with Crippen LogP contribution in [0.1, 0.15) is 22.5 Å². The highest BCUT2D eigenvalue weighted by atomic mass is 35.5. The second kappa shape index (κ2) is 8.09. The Morgan fingerprint density at radius 2 is 1.58 bits per heavy atom. The van der Waals surface area contributed by atoms with Crippen LogP contribution in [0.15, 0.2) is 54.1 Å². The van der Waals surface area contributed by atoms with Crippen LogP contribution in [0.5, 0.6) is 0 Å². The van der Waals surface area contributed by atoms with Gasteiger partial charge >= 0.3 is 0 Å². The van der Waals surface area contributed by atoms with E-state index in [1.165, 1.54) is 4.90 Å². The number of carbonyl (C=O) groups excluding carboxylic acids is 2. The Morgan fingerprint density at radius 3 is 2.23 bits per heavy atom. The molecule has 2 heterocycles. The lowest BCUT2D eigenvalue weighted by Gasteiger charge is -2.29. The molecule has 2 amide bonds. The molecule has 3 aromatic rings. The van der Waals surface area contributed by atoms with Gasteiger partial charge in [-0.05, 0) is 75.5 Å². The van der Waals surface area contributed by atoms with Crippen LogP contribution >= 0.6 is 23.8 Å². The van der Waals surface area contributed by atoms with Crippen molar-refractivity contribution in [1.82, 2.24) is 15.1 Å². The number of rotatable bonds is 3. The molecule has 0 spiro atoms. The lowest BCUT2D eigenvalue weighted by atomic mass is 10.1. The van der Waals surface area contributed by atoms with Crippen molar-refractivity contribution in [2.45, 2.75) is 20.8 Å². The molecule has 2 aromatic carbocycles. The Hall–Kier alpha value is -3.29. The summed E-state index contributed by atoms with van der Waals surface area (Å²) in [6, 6.07) is 14.6. The maximum absolute atomic E-state index is 13.2. The summed E-state index contributed by atoms with van der Waals surface area (Å²) in [6.07, 6.45) is 1.57. The summed E-state index contributed by atoms with van der Waals surface area (Å²) < 4.78 is 1.80. The number of hydrogen-bond acceptors (Lipinski definition) is 4. The molecular weight excluding hydrogens is 432 g/mol. The average Bonchev–Trinajstić information content (AvgIpc) is 3.01. The molecule has 1 aliphatic rings. The number of halogens is 1. The molecule has 0 bridgehead atoms. The molecular formula is C23H19ClN4O2S. The quantitative estimate of drug-likeness (QED) is 0.367. The summed E-state index contributed by atoms with van der Waals surface area (Å²) >= 11 is 11.2. The van der Waals surface area contributed by atoms with Gasteiger partial charge in [0.2, 0.25) is 0 Å². The number of aromatic nitrogens is 2. The Morgan fingerprint density at radius 1 is 0.968 bits per heavy atom. The van der Waals surface area contributed by atoms with Crippen molar-refractivity contribution in [3.05, 3.63) is 81.6 Å². The van der Waals surface area contributed by atoms with Crippen molar-refractivity contribution in [1.29, 1.82) is 0 Å². The second-order valence-corrected chi connectivity index (χ2v) is 8.09. The van der Waals surface area contributed by atoms with Crippen LogP contribution in [0.2, 0.25) is 5.02 Å². The van der Waals surface area contributed by atoms with Crippen molar-refractivity contribution in [2.75, 3.05) is 4.90 Å². The standard InChI is InChI=1S/C23H19ClN4O2S/c1-13-4-8-18(9-5-13)28-15(3)19(14(2)26-28)12-20-21(29)25-23(31)27(22(20)30)17-10-6-16(24)7-11-17/h4-12H,1-3H3,(H,25,29,31). The van der Waals surface area contributed by atoms with Crippen molar-refractivity contribution in [3.8, 4) is 5.69 Å². The minimum absolute atomic E-state index is 0.0155. The first kappa shape index (κ1) is 21.0. The van der Waals surface area contributed by atoms with E-state index in [4.69, 9.17) is 23.8 Å². The van der Waals surface area contributed by atoms with Crippen LogP contribution in [0, 0.1) is 20.8 Å². The molecule has 0 saturated carbocycles. The lowest BCUT2D eigenvalue weighted by Crippen LogP contribution is -2.54. The van der Waals surface area contributed by atoms with Gasteiger partial charge in [-0.1, -0.05) is 29.3 Å². The van der Waals surface area contributed by atoms with Gasteiger partial charge in [-0.2, -0.15) is 5.10 Å². The van der Waals surface area contributed by atoms with E-state index >= 15 is 0 Å². The van der Waals surface area contributed by atoms with E-state index in [1.807, 2.05) is 45.0 Å². The third-order valence-corrected chi connectivity index (χ3v) is 5.64. The zero-order chi connectivity index (χ0) is 22.3. The predicted molar refractivity (Wildman–Crippen MR) is 125 cm³/mol. The number of amides is 2. The minimum Gasteiger partial charge on any atom is -0.298 e. The Kier molecular flexibility index (Phi) is 5.47. The van der Waals surface area contributed by atoms with E-state index in [2.05, 4.69) is 10.4 Å². The Bertz CT molecular complexity index is 1240. The number of aryl methyl sites for hydroxylation is 2. The summed E-state index contributed by atoms with van der Waals surface area (Å²) in [5.41, 5.74) is 4.79. The fourth-order valence-corrected chi connectivity index (χ4v) is 3.83. The summed E-state index contributed by atoms with van der Waals surface area (Å²) in [4.78, 5) is 27.1. The molecule has 8 heteroatoms. The van der Waals surface area contributed by atoms with Gasteiger partial charge < -0.3 is 0 Å². The first-order valence-electron chi connectivity index (χ1n) is 9.56. The van der Waals surface area contributed by atoms with Crippen molar-refractivity contribution in [3.63, 3.8) is 0 Å². The Balaban J connectivity index is 1.76. The largest absolute Gasteiger partial charge is 0.298 e. The topological polar surface area (TPSA) is 67.2 Å². The zero-order valence-electron chi connectivity index (χ0n) is 17.1. The van der Waals surface area contributed by atoms with E-state index in [-0.39, 0.29) is 10.7 Å².